The van der Waals surface area contributed by atoms with Gasteiger partial charge >= 0.3 is 5.97 Å². The molecule has 0 aromatic heterocycles. The lowest BCUT2D eigenvalue weighted by Crippen LogP contribution is -2.40. The predicted molar refractivity (Wildman–Crippen MR) is 92.2 cm³/mol. The lowest BCUT2D eigenvalue weighted by Gasteiger charge is -2.31. The molecule has 0 radical (unpaired) electrons. The van der Waals surface area contributed by atoms with Gasteiger partial charge in [0, 0.05) is 19.2 Å². The molecule has 134 valence electrons. The zero-order chi connectivity index (χ0) is 17.6. The smallest absolute Gasteiger partial charge is 0.331 e. The van der Waals surface area contributed by atoms with E-state index in [0.717, 1.165) is 31.2 Å². The predicted octanol–water partition coefficient (Wildman–Crippen LogP) is 2.76. The number of likely N-dealkylation sites (N-methyl/N-ethyl adjacent to an activating group) is 1. The first-order valence-corrected chi connectivity index (χ1v) is 8.63. The molecule has 0 atom stereocenters. The molecule has 0 spiro atoms. The van der Waals surface area contributed by atoms with Crippen LogP contribution in [0.1, 0.15) is 37.7 Å². The molecular formula is C19H23NO5. The van der Waals surface area contributed by atoms with Gasteiger partial charge in [-0.1, -0.05) is 25.3 Å². The Bertz CT molecular complexity index is 664. The van der Waals surface area contributed by atoms with Crippen molar-refractivity contribution >= 4 is 18.0 Å². The van der Waals surface area contributed by atoms with Crippen molar-refractivity contribution in [3.8, 4) is 11.5 Å². The summed E-state index contributed by atoms with van der Waals surface area (Å²) in [7, 11) is 1.79. The maximum Gasteiger partial charge on any atom is 0.331 e. The van der Waals surface area contributed by atoms with Gasteiger partial charge in [0.15, 0.2) is 18.1 Å². The topological polar surface area (TPSA) is 65.1 Å². The third-order valence-corrected chi connectivity index (χ3v) is 4.66. The number of hydrogen-bond acceptors (Lipinski definition) is 5. The molecular weight excluding hydrogens is 322 g/mol. The molecule has 1 aromatic carbocycles. The molecule has 0 saturated heterocycles. The molecule has 6 heteroatoms. The van der Waals surface area contributed by atoms with Crippen LogP contribution in [-0.4, -0.2) is 43.3 Å². The van der Waals surface area contributed by atoms with E-state index in [2.05, 4.69) is 0 Å². The Balaban J connectivity index is 1.46. The number of ether oxygens (including phenoxy) is 3. The van der Waals surface area contributed by atoms with Crippen LogP contribution in [0, 0.1) is 0 Å². The van der Waals surface area contributed by atoms with E-state index in [9.17, 15) is 9.59 Å². The van der Waals surface area contributed by atoms with Crippen LogP contribution in [0.25, 0.3) is 6.08 Å². The first-order valence-electron chi connectivity index (χ1n) is 8.63. The number of carbonyl (C=O) groups excluding carboxylic acids is 2. The van der Waals surface area contributed by atoms with Crippen LogP contribution in [0.15, 0.2) is 24.3 Å². The highest BCUT2D eigenvalue weighted by atomic mass is 16.7. The second-order valence-electron chi connectivity index (χ2n) is 6.35. The van der Waals surface area contributed by atoms with Gasteiger partial charge in [0.2, 0.25) is 6.79 Å². The summed E-state index contributed by atoms with van der Waals surface area (Å²) < 4.78 is 15.6. The molecule has 1 fully saturated rings. The van der Waals surface area contributed by atoms with E-state index in [1.807, 2.05) is 6.07 Å². The summed E-state index contributed by atoms with van der Waals surface area (Å²) in [5.41, 5.74) is 0.798. The van der Waals surface area contributed by atoms with Gasteiger partial charge in [-0.15, -0.1) is 0 Å². The van der Waals surface area contributed by atoms with Gasteiger partial charge in [-0.2, -0.15) is 0 Å². The van der Waals surface area contributed by atoms with Crippen LogP contribution in [0.3, 0.4) is 0 Å². The number of carbonyl (C=O) groups is 2. The van der Waals surface area contributed by atoms with E-state index in [1.54, 1.807) is 30.2 Å². The molecule has 1 amide bonds. The maximum absolute atomic E-state index is 12.1. The average molecular weight is 345 g/mol. The summed E-state index contributed by atoms with van der Waals surface area (Å²) in [5, 5.41) is 0. The lowest BCUT2D eigenvalue weighted by atomic mass is 9.94. The minimum Gasteiger partial charge on any atom is -0.454 e. The van der Waals surface area contributed by atoms with Gasteiger partial charge in [0.05, 0.1) is 0 Å². The molecule has 1 aromatic rings. The van der Waals surface area contributed by atoms with Crippen molar-refractivity contribution < 1.29 is 23.8 Å². The summed E-state index contributed by atoms with van der Waals surface area (Å²) >= 11 is 0. The second-order valence-corrected chi connectivity index (χ2v) is 6.35. The molecule has 0 unspecified atom stereocenters. The Morgan fingerprint density at radius 1 is 1.20 bits per heavy atom. The summed E-state index contributed by atoms with van der Waals surface area (Å²) in [6.45, 7) is -0.0154. The molecule has 1 heterocycles. The van der Waals surface area contributed by atoms with Crippen molar-refractivity contribution in [2.45, 2.75) is 38.1 Å². The molecule has 0 bridgehead atoms. The number of benzene rings is 1. The van der Waals surface area contributed by atoms with Crippen LogP contribution < -0.4 is 9.47 Å². The van der Waals surface area contributed by atoms with Crippen LogP contribution >= 0.6 is 0 Å². The summed E-state index contributed by atoms with van der Waals surface area (Å²) in [6, 6.07) is 5.66. The van der Waals surface area contributed by atoms with E-state index in [1.165, 1.54) is 12.5 Å². The molecule has 2 aliphatic rings. The summed E-state index contributed by atoms with van der Waals surface area (Å²) in [4.78, 5) is 25.7. The van der Waals surface area contributed by atoms with E-state index in [0.29, 0.717) is 11.5 Å². The Labute approximate surface area is 147 Å². The quantitative estimate of drug-likeness (QED) is 0.606. The zero-order valence-corrected chi connectivity index (χ0v) is 14.4. The fourth-order valence-corrected chi connectivity index (χ4v) is 3.14. The van der Waals surface area contributed by atoms with E-state index >= 15 is 0 Å². The standard InChI is InChI=1S/C19H23NO5/c1-20(15-5-3-2-4-6-15)18(21)12-23-19(22)10-8-14-7-9-16-17(11-14)25-13-24-16/h7-11,15H,2-6,12-13H2,1H3/b10-8+. The number of esters is 1. The van der Waals surface area contributed by atoms with Gasteiger partial charge in [0.25, 0.3) is 5.91 Å². The number of rotatable bonds is 5. The summed E-state index contributed by atoms with van der Waals surface area (Å²) in [5.74, 6) is 0.649. The maximum atomic E-state index is 12.1. The third-order valence-electron chi connectivity index (χ3n) is 4.66. The van der Waals surface area contributed by atoms with Crippen LogP contribution in [0.2, 0.25) is 0 Å². The number of fused-ring (bicyclic) bond motifs is 1. The Morgan fingerprint density at radius 2 is 1.96 bits per heavy atom. The highest BCUT2D eigenvalue weighted by Gasteiger charge is 2.22. The fourth-order valence-electron chi connectivity index (χ4n) is 3.14. The van der Waals surface area contributed by atoms with E-state index in [-0.39, 0.29) is 25.3 Å². The fraction of sp³-hybridized carbons (Fsp3) is 0.474. The number of amides is 1. The normalized spacial score (nSPS) is 16.8. The average Bonchev–Trinajstić information content (AvgIpc) is 3.12. The molecule has 1 aliphatic heterocycles. The largest absolute Gasteiger partial charge is 0.454 e. The SMILES string of the molecule is CN(C(=O)COC(=O)/C=C/c1ccc2c(c1)OCO2)C1CCCCC1. The Kier molecular flexibility index (Phi) is 5.58. The molecule has 1 saturated carbocycles. The first-order chi connectivity index (χ1) is 12.1. The summed E-state index contributed by atoms with van der Waals surface area (Å²) in [6.07, 6.45) is 8.53. The van der Waals surface area contributed by atoms with Crippen molar-refractivity contribution in [1.29, 1.82) is 0 Å². The number of nitrogens with zero attached hydrogens (tertiary/aromatic N) is 1. The van der Waals surface area contributed by atoms with Crippen molar-refractivity contribution in [3.63, 3.8) is 0 Å². The van der Waals surface area contributed by atoms with Crippen molar-refractivity contribution in [2.75, 3.05) is 20.4 Å². The molecule has 6 nitrogen and oxygen atoms in total. The first kappa shape index (κ1) is 17.3. The van der Waals surface area contributed by atoms with Gasteiger partial charge in [-0.3, -0.25) is 4.79 Å². The molecule has 3 rings (SSSR count). The minimum absolute atomic E-state index is 0.156. The highest BCUT2D eigenvalue weighted by Crippen LogP contribution is 2.32. The van der Waals surface area contributed by atoms with E-state index in [4.69, 9.17) is 14.2 Å². The zero-order valence-electron chi connectivity index (χ0n) is 14.4. The van der Waals surface area contributed by atoms with Crippen molar-refractivity contribution in [1.82, 2.24) is 4.90 Å². The Morgan fingerprint density at radius 3 is 2.76 bits per heavy atom. The Hall–Kier alpha value is -2.50. The highest BCUT2D eigenvalue weighted by molar-refractivity contribution is 5.89. The van der Waals surface area contributed by atoms with Crippen LogP contribution in [0.5, 0.6) is 11.5 Å². The van der Waals surface area contributed by atoms with Gasteiger partial charge in [-0.05, 0) is 36.6 Å². The third kappa shape index (κ3) is 4.53. The van der Waals surface area contributed by atoms with Crippen molar-refractivity contribution in [2.24, 2.45) is 0 Å². The minimum atomic E-state index is -0.539. The second kappa shape index (κ2) is 8.05. The molecule has 1 aliphatic carbocycles. The molecule has 25 heavy (non-hydrogen) atoms. The van der Waals surface area contributed by atoms with Gasteiger partial charge in [0.1, 0.15) is 0 Å². The van der Waals surface area contributed by atoms with Gasteiger partial charge < -0.3 is 19.1 Å². The number of hydrogen-bond donors (Lipinski definition) is 0. The monoisotopic (exact) mass is 345 g/mol. The lowest BCUT2D eigenvalue weighted by molar-refractivity contribution is -0.148. The molecule has 0 N–H and O–H groups in total. The van der Waals surface area contributed by atoms with Crippen molar-refractivity contribution in [3.05, 3.63) is 29.8 Å². The van der Waals surface area contributed by atoms with E-state index < -0.39 is 5.97 Å². The van der Waals surface area contributed by atoms with Crippen LogP contribution in [-0.2, 0) is 14.3 Å². The van der Waals surface area contributed by atoms with Gasteiger partial charge in [-0.25, -0.2) is 4.79 Å². The van der Waals surface area contributed by atoms with Crippen LogP contribution in [0.4, 0.5) is 0 Å².